The second kappa shape index (κ2) is 7.55. The van der Waals surface area contributed by atoms with Gasteiger partial charge in [-0.3, -0.25) is 10.1 Å². The number of hydrogen-bond acceptors (Lipinski definition) is 3. The Hall–Kier alpha value is -1.01. The molecule has 1 amide bonds. The van der Waals surface area contributed by atoms with E-state index in [1.165, 1.54) is 0 Å². The Morgan fingerprint density at radius 3 is 2.53 bits per heavy atom. The van der Waals surface area contributed by atoms with Crippen molar-refractivity contribution in [2.45, 2.75) is 53.5 Å². The maximum absolute atomic E-state index is 11.9. The standard InChI is InChI=1S/C12H22N4OS.CH4/c1-12(2,3)10(13)16-11(18)15-9(17)8-6-4-5-7-14-8;/h8,14H,4-7H2,1-3H3,(H3,13,15,16,17,18);1H4. The van der Waals surface area contributed by atoms with E-state index in [2.05, 4.69) is 15.6 Å². The number of nitrogens with one attached hydrogen (secondary N) is 2. The smallest absolute Gasteiger partial charge is 0.243 e. The van der Waals surface area contributed by atoms with Gasteiger partial charge in [0.1, 0.15) is 5.84 Å². The predicted molar refractivity (Wildman–Crippen MR) is 84.2 cm³/mol. The summed E-state index contributed by atoms with van der Waals surface area (Å²) in [5.41, 5.74) is 5.55. The van der Waals surface area contributed by atoms with Crippen LogP contribution in [0.3, 0.4) is 0 Å². The van der Waals surface area contributed by atoms with Crippen molar-refractivity contribution in [3.63, 3.8) is 0 Å². The number of nitrogens with two attached hydrogens (primary N) is 1. The van der Waals surface area contributed by atoms with Gasteiger partial charge in [0.2, 0.25) is 11.0 Å². The number of nitrogens with zero attached hydrogens (tertiary/aromatic N) is 1. The van der Waals surface area contributed by atoms with Gasteiger partial charge in [0.05, 0.1) is 6.04 Å². The van der Waals surface area contributed by atoms with Gasteiger partial charge in [-0.2, -0.15) is 0 Å². The van der Waals surface area contributed by atoms with E-state index in [0.29, 0.717) is 5.84 Å². The van der Waals surface area contributed by atoms with E-state index in [1.54, 1.807) is 0 Å². The highest BCUT2D eigenvalue weighted by atomic mass is 32.1. The van der Waals surface area contributed by atoms with Crippen LogP contribution in [0.15, 0.2) is 4.99 Å². The molecule has 0 spiro atoms. The fourth-order valence-corrected chi connectivity index (χ4v) is 1.77. The first-order valence-electron chi connectivity index (χ1n) is 6.23. The Labute approximate surface area is 121 Å². The molecule has 1 saturated heterocycles. The summed E-state index contributed by atoms with van der Waals surface area (Å²) >= 11 is 5.02. The fraction of sp³-hybridized carbons (Fsp3) is 0.769. The number of piperidine rings is 1. The van der Waals surface area contributed by atoms with E-state index in [4.69, 9.17) is 18.0 Å². The summed E-state index contributed by atoms with van der Waals surface area (Å²) in [5, 5.41) is 5.91. The van der Waals surface area contributed by atoms with Gasteiger partial charge in [-0.1, -0.05) is 34.6 Å². The van der Waals surface area contributed by atoms with Crippen LogP contribution in [0.5, 0.6) is 0 Å². The molecule has 19 heavy (non-hydrogen) atoms. The van der Waals surface area contributed by atoms with E-state index in [-0.39, 0.29) is 29.9 Å². The summed E-state index contributed by atoms with van der Waals surface area (Å²) in [4.78, 5) is 15.9. The lowest BCUT2D eigenvalue weighted by Gasteiger charge is -2.22. The Morgan fingerprint density at radius 2 is 2.05 bits per heavy atom. The van der Waals surface area contributed by atoms with Crippen molar-refractivity contribution in [3.8, 4) is 0 Å². The van der Waals surface area contributed by atoms with E-state index in [1.807, 2.05) is 20.8 Å². The molecule has 0 bridgehead atoms. The number of aliphatic imine (C=N–C) groups is 1. The van der Waals surface area contributed by atoms with Crippen molar-refractivity contribution in [3.05, 3.63) is 0 Å². The van der Waals surface area contributed by atoms with Crippen LogP contribution in [0.1, 0.15) is 47.5 Å². The summed E-state index contributed by atoms with van der Waals surface area (Å²) in [5.74, 6) is 0.301. The third kappa shape index (κ3) is 6.11. The third-order valence-corrected chi connectivity index (χ3v) is 3.04. The molecule has 1 atom stereocenters. The Balaban J connectivity index is 0.00000324. The predicted octanol–water partition coefficient (Wildman–Crippen LogP) is 1.57. The van der Waals surface area contributed by atoms with Crippen LogP contribution < -0.4 is 16.4 Å². The van der Waals surface area contributed by atoms with E-state index < -0.39 is 0 Å². The molecule has 1 rings (SSSR count). The Bertz CT molecular complexity index is 354. The van der Waals surface area contributed by atoms with Crippen molar-refractivity contribution < 1.29 is 4.79 Å². The first-order valence-corrected chi connectivity index (χ1v) is 6.64. The van der Waals surface area contributed by atoms with Gasteiger partial charge in [0, 0.05) is 5.41 Å². The molecule has 1 fully saturated rings. The second-order valence-corrected chi connectivity index (χ2v) is 5.93. The van der Waals surface area contributed by atoms with Gasteiger partial charge < -0.3 is 11.1 Å². The number of rotatable bonds is 1. The van der Waals surface area contributed by atoms with E-state index >= 15 is 0 Å². The van der Waals surface area contributed by atoms with Crippen LogP contribution in [-0.4, -0.2) is 29.4 Å². The van der Waals surface area contributed by atoms with Gasteiger partial charge in [0.15, 0.2) is 0 Å². The van der Waals surface area contributed by atoms with Gasteiger partial charge in [-0.15, -0.1) is 0 Å². The van der Waals surface area contributed by atoms with Crippen LogP contribution in [-0.2, 0) is 4.79 Å². The molecule has 0 aliphatic carbocycles. The molecular formula is C13H26N4OS. The van der Waals surface area contributed by atoms with Gasteiger partial charge in [-0.25, -0.2) is 4.99 Å². The maximum atomic E-state index is 11.9. The molecule has 4 N–H and O–H groups in total. The number of hydrogen-bond donors (Lipinski definition) is 3. The molecular weight excluding hydrogens is 260 g/mol. The zero-order valence-electron chi connectivity index (χ0n) is 11.2. The van der Waals surface area contributed by atoms with Crippen molar-refractivity contribution in [1.82, 2.24) is 10.6 Å². The Morgan fingerprint density at radius 1 is 1.42 bits per heavy atom. The number of thiocarbonyl (C=S) groups is 1. The van der Waals surface area contributed by atoms with Crippen molar-refractivity contribution in [2.75, 3.05) is 6.54 Å². The zero-order valence-corrected chi connectivity index (χ0v) is 12.1. The highest BCUT2D eigenvalue weighted by Gasteiger charge is 2.22. The van der Waals surface area contributed by atoms with Crippen molar-refractivity contribution in [2.24, 2.45) is 16.1 Å². The number of amides is 1. The molecule has 1 heterocycles. The maximum Gasteiger partial charge on any atom is 0.243 e. The fourth-order valence-electron chi connectivity index (χ4n) is 1.57. The van der Waals surface area contributed by atoms with Crippen LogP contribution in [0.2, 0.25) is 0 Å². The summed E-state index contributed by atoms with van der Waals surface area (Å²) in [7, 11) is 0. The highest BCUT2D eigenvalue weighted by Crippen LogP contribution is 2.12. The molecule has 0 aromatic carbocycles. The molecule has 0 aromatic rings. The highest BCUT2D eigenvalue weighted by molar-refractivity contribution is 7.80. The molecule has 1 unspecified atom stereocenters. The minimum Gasteiger partial charge on any atom is -0.387 e. The summed E-state index contributed by atoms with van der Waals surface area (Å²) in [6, 6.07) is -0.164. The van der Waals surface area contributed by atoms with E-state index in [9.17, 15) is 4.79 Å². The first-order chi connectivity index (χ1) is 8.30. The third-order valence-electron chi connectivity index (χ3n) is 2.85. The van der Waals surface area contributed by atoms with Gasteiger partial charge in [-0.05, 0) is 31.6 Å². The lowest BCUT2D eigenvalue weighted by atomic mass is 9.95. The lowest BCUT2D eigenvalue weighted by molar-refractivity contribution is -0.122. The largest absolute Gasteiger partial charge is 0.387 e. The van der Waals surface area contributed by atoms with Crippen LogP contribution >= 0.6 is 12.2 Å². The quantitative estimate of drug-likeness (QED) is 0.388. The average Bonchev–Trinajstić information content (AvgIpc) is 2.28. The van der Waals surface area contributed by atoms with Crippen LogP contribution in [0.4, 0.5) is 0 Å². The summed E-state index contributed by atoms with van der Waals surface area (Å²) in [6.45, 7) is 6.70. The normalized spacial score (nSPS) is 20.4. The molecule has 0 radical (unpaired) electrons. The molecule has 6 heteroatoms. The van der Waals surface area contributed by atoms with Crippen LogP contribution in [0.25, 0.3) is 0 Å². The monoisotopic (exact) mass is 286 g/mol. The van der Waals surface area contributed by atoms with Gasteiger partial charge in [0.25, 0.3) is 0 Å². The SMILES string of the molecule is C.CC(C)(C)/C(N)=N/C(=S)NC(=O)C1CCCCN1. The minimum absolute atomic E-state index is 0. The molecule has 0 aromatic heterocycles. The molecule has 1 aliphatic heterocycles. The summed E-state index contributed by atoms with van der Waals surface area (Å²) < 4.78 is 0. The zero-order chi connectivity index (χ0) is 13.8. The van der Waals surface area contributed by atoms with E-state index in [0.717, 1.165) is 25.8 Å². The van der Waals surface area contributed by atoms with Crippen molar-refractivity contribution >= 4 is 29.1 Å². The topological polar surface area (TPSA) is 79.5 Å². The molecule has 0 saturated carbocycles. The molecule has 110 valence electrons. The molecule has 1 aliphatic rings. The van der Waals surface area contributed by atoms with Crippen molar-refractivity contribution in [1.29, 1.82) is 0 Å². The second-order valence-electron chi connectivity index (χ2n) is 5.54. The van der Waals surface area contributed by atoms with Gasteiger partial charge >= 0.3 is 0 Å². The number of carbonyl (C=O) groups is 1. The van der Waals surface area contributed by atoms with Crippen LogP contribution in [0, 0.1) is 5.41 Å². The number of carbonyl (C=O) groups excluding carboxylic acids is 1. The average molecular weight is 286 g/mol. The number of amidine groups is 1. The Kier molecular flexibility index (Phi) is 7.15. The minimum atomic E-state index is -0.252. The first kappa shape index (κ1) is 18.0. The summed E-state index contributed by atoms with van der Waals surface area (Å²) in [6.07, 6.45) is 3.02. The lowest BCUT2D eigenvalue weighted by Crippen LogP contribution is -2.48. The molecule has 5 nitrogen and oxygen atoms in total.